The van der Waals surface area contributed by atoms with Crippen LogP contribution in [0.25, 0.3) is 0 Å². The molecule has 2 aromatic carbocycles. The second-order valence-corrected chi connectivity index (χ2v) is 4.47. The summed E-state index contributed by atoms with van der Waals surface area (Å²) in [7, 11) is 0. The molecule has 0 aromatic heterocycles. The number of rotatable bonds is 6. The third-order valence-corrected chi connectivity index (χ3v) is 2.90. The van der Waals surface area contributed by atoms with Gasteiger partial charge in [-0.25, -0.2) is 4.79 Å². The summed E-state index contributed by atoms with van der Waals surface area (Å²) in [6.07, 6.45) is -0.357. The molecule has 0 aliphatic rings. The highest BCUT2D eigenvalue weighted by atomic mass is 16.5. The topological polar surface area (TPSA) is 83.8 Å². The summed E-state index contributed by atoms with van der Waals surface area (Å²) in [5.74, 6) is -1.79. The van der Waals surface area contributed by atoms with Gasteiger partial charge in [-0.2, -0.15) is 0 Å². The molecule has 0 aliphatic heterocycles. The molecule has 0 unspecified atom stereocenters. The maximum absolute atomic E-state index is 11.1. The zero-order valence-electron chi connectivity index (χ0n) is 11.2. The maximum atomic E-state index is 11.1. The van der Waals surface area contributed by atoms with E-state index in [4.69, 9.17) is 14.9 Å². The third kappa shape index (κ3) is 4.07. The van der Waals surface area contributed by atoms with Crippen LogP contribution in [0.4, 0.5) is 0 Å². The second kappa shape index (κ2) is 6.56. The molecule has 5 heteroatoms. The van der Waals surface area contributed by atoms with Gasteiger partial charge in [0.25, 0.3) is 0 Å². The van der Waals surface area contributed by atoms with Crippen LogP contribution < -0.4 is 4.74 Å². The minimum atomic E-state index is -1.15. The van der Waals surface area contributed by atoms with Crippen molar-refractivity contribution in [1.29, 1.82) is 0 Å². The van der Waals surface area contributed by atoms with Crippen LogP contribution in [0, 0.1) is 0 Å². The lowest BCUT2D eigenvalue weighted by atomic mass is 10.0. The zero-order chi connectivity index (χ0) is 15.2. The molecule has 0 saturated heterocycles. The Morgan fingerprint density at radius 2 is 1.71 bits per heavy atom. The zero-order valence-corrected chi connectivity index (χ0v) is 11.2. The number of benzene rings is 2. The first kappa shape index (κ1) is 14.6. The van der Waals surface area contributed by atoms with E-state index >= 15 is 0 Å². The minimum absolute atomic E-state index is 0.0236. The van der Waals surface area contributed by atoms with Crippen molar-refractivity contribution in [2.75, 3.05) is 0 Å². The highest BCUT2D eigenvalue weighted by Gasteiger charge is 2.14. The summed E-state index contributed by atoms with van der Waals surface area (Å²) < 4.78 is 5.56. The van der Waals surface area contributed by atoms with E-state index < -0.39 is 11.9 Å². The van der Waals surface area contributed by atoms with Gasteiger partial charge in [-0.05, 0) is 29.3 Å². The quantitative estimate of drug-likeness (QED) is 0.852. The Hall–Kier alpha value is -2.82. The van der Waals surface area contributed by atoms with E-state index in [1.807, 2.05) is 30.3 Å². The predicted molar refractivity (Wildman–Crippen MR) is 75.5 cm³/mol. The average Bonchev–Trinajstić information content (AvgIpc) is 2.45. The number of hydrogen-bond donors (Lipinski definition) is 2. The normalized spacial score (nSPS) is 10.1. The fourth-order valence-electron chi connectivity index (χ4n) is 1.92. The Bertz CT molecular complexity index is 649. The van der Waals surface area contributed by atoms with E-state index in [0.29, 0.717) is 12.4 Å². The average molecular weight is 286 g/mol. The minimum Gasteiger partial charge on any atom is -0.489 e. The first-order valence-electron chi connectivity index (χ1n) is 6.31. The van der Waals surface area contributed by atoms with Gasteiger partial charge in [0.1, 0.15) is 12.4 Å². The van der Waals surface area contributed by atoms with Crippen molar-refractivity contribution >= 4 is 11.9 Å². The van der Waals surface area contributed by atoms with Crippen molar-refractivity contribution in [2.24, 2.45) is 0 Å². The van der Waals surface area contributed by atoms with Crippen molar-refractivity contribution in [3.8, 4) is 5.75 Å². The van der Waals surface area contributed by atoms with Crippen molar-refractivity contribution in [3.63, 3.8) is 0 Å². The van der Waals surface area contributed by atoms with Gasteiger partial charge in [-0.15, -0.1) is 0 Å². The molecule has 0 bridgehead atoms. The maximum Gasteiger partial charge on any atom is 0.335 e. The molecule has 5 nitrogen and oxygen atoms in total. The number of carboxylic acids is 2. The van der Waals surface area contributed by atoms with Gasteiger partial charge in [0.15, 0.2) is 0 Å². The van der Waals surface area contributed by atoms with Crippen LogP contribution in [0.2, 0.25) is 0 Å². The molecular formula is C16H14O5. The number of aliphatic carboxylic acids is 1. The first-order chi connectivity index (χ1) is 10.1. The smallest absolute Gasteiger partial charge is 0.335 e. The van der Waals surface area contributed by atoms with E-state index in [-0.39, 0.29) is 17.5 Å². The Labute approximate surface area is 121 Å². The molecule has 2 N–H and O–H groups in total. The molecule has 0 aliphatic carbocycles. The summed E-state index contributed by atoms with van der Waals surface area (Å²) in [6, 6.07) is 13.8. The Balaban J connectivity index is 2.17. The van der Waals surface area contributed by atoms with Gasteiger partial charge < -0.3 is 14.9 Å². The highest BCUT2D eigenvalue weighted by molar-refractivity contribution is 5.91. The van der Waals surface area contributed by atoms with Crippen LogP contribution in [-0.4, -0.2) is 22.2 Å². The van der Waals surface area contributed by atoms with Gasteiger partial charge in [0.2, 0.25) is 0 Å². The van der Waals surface area contributed by atoms with E-state index in [1.54, 1.807) is 0 Å². The molecule has 0 amide bonds. The molecule has 2 rings (SSSR count). The predicted octanol–water partition coefficient (Wildman–Crippen LogP) is 2.59. The number of aromatic carboxylic acids is 1. The van der Waals surface area contributed by atoms with Gasteiger partial charge >= 0.3 is 11.9 Å². The third-order valence-electron chi connectivity index (χ3n) is 2.90. The Kier molecular flexibility index (Phi) is 4.56. The van der Waals surface area contributed by atoms with Crippen LogP contribution in [0.3, 0.4) is 0 Å². The highest BCUT2D eigenvalue weighted by Crippen LogP contribution is 2.20. The lowest BCUT2D eigenvalue weighted by Gasteiger charge is -2.09. The Morgan fingerprint density at radius 1 is 1.00 bits per heavy atom. The van der Waals surface area contributed by atoms with Crippen molar-refractivity contribution in [2.45, 2.75) is 13.0 Å². The van der Waals surface area contributed by atoms with Crippen molar-refractivity contribution < 1.29 is 24.5 Å². The van der Waals surface area contributed by atoms with Crippen LogP contribution in [0.1, 0.15) is 21.5 Å². The number of carboxylic acid groups (broad SMARTS) is 2. The molecule has 0 saturated carbocycles. The standard InChI is InChI=1S/C16H14O5/c17-15(18)9-12-8-13(6-7-14(12)16(19)20)21-10-11-4-2-1-3-5-11/h1-8H,9-10H2,(H,17,18)(H,19,20). The van der Waals surface area contributed by atoms with Crippen LogP contribution in [0.5, 0.6) is 5.75 Å². The van der Waals surface area contributed by atoms with Gasteiger partial charge in [-0.3, -0.25) is 4.79 Å². The van der Waals surface area contributed by atoms with E-state index in [9.17, 15) is 9.59 Å². The fraction of sp³-hybridized carbons (Fsp3) is 0.125. The molecule has 108 valence electrons. The van der Waals surface area contributed by atoms with Gasteiger partial charge in [0.05, 0.1) is 12.0 Å². The molecule has 0 spiro atoms. The number of ether oxygens (including phenoxy) is 1. The Morgan fingerprint density at radius 3 is 2.33 bits per heavy atom. The summed E-state index contributed by atoms with van der Waals surface area (Å²) in [6.45, 7) is 0.333. The molecule has 0 atom stereocenters. The van der Waals surface area contributed by atoms with Crippen LogP contribution in [0.15, 0.2) is 48.5 Å². The van der Waals surface area contributed by atoms with Crippen LogP contribution in [-0.2, 0) is 17.8 Å². The molecule has 2 aromatic rings. The van der Waals surface area contributed by atoms with E-state index in [2.05, 4.69) is 0 Å². The molecule has 0 fully saturated rings. The van der Waals surface area contributed by atoms with Crippen LogP contribution >= 0.6 is 0 Å². The summed E-state index contributed by atoms with van der Waals surface area (Å²) in [5.41, 5.74) is 1.17. The second-order valence-electron chi connectivity index (χ2n) is 4.47. The summed E-state index contributed by atoms with van der Waals surface area (Å²) in [4.78, 5) is 21.9. The van der Waals surface area contributed by atoms with Crippen molar-refractivity contribution in [3.05, 3.63) is 65.2 Å². The lowest BCUT2D eigenvalue weighted by molar-refractivity contribution is -0.136. The molecule has 0 heterocycles. The monoisotopic (exact) mass is 286 g/mol. The fourth-order valence-corrected chi connectivity index (χ4v) is 1.92. The SMILES string of the molecule is O=C(O)Cc1cc(OCc2ccccc2)ccc1C(=O)O. The molecule has 0 radical (unpaired) electrons. The van der Waals surface area contributed by atoms with Gasteiger partial charge in [-0.1, -0.05) is 30.3 Å². The summed E-state index contributed by atoms with van der Waals surface area (Å²) in [5, 5.41) is 17.9. The van der Waals surface area contributed by atoms with E-state index in [1.165, 1.54) is 18.2 Å². The number of carbonyl (C=O) groups is 2. The first-order valence-corrected chi connectivity index (χ1v) is 6.31. The van der Waals surface area contributed by atoms with Gasteiger partial charge in [0, 0.05) is 0 Å². The summed E-state index contributed by atoms with van der Waals surface area (Å²) >= 11 is 0. The largest absolute Gasteiger partial charge is 0.489 e. The molecular weight excluding hydrogens is 272 g/mol. The molecule has 21 heavy (non-hydrogen) atoms. The number of hydrogen-bond acceptors (Lipinski definition) is 3. The van der Waals surface area contributed by atoms with E-state index in [0.717, 1.165) is 5.56 Å². The lowest BCUT2D eigenvalue weighted by Crippen LogP contribution is -2.08. The van der Waals surface area contributed by atoms with Crippen molar-refractivity contribution in [1.82, 2.24) is 0 Å².